The van der Waals surface area contributed by atoms with Crippen LogP contribution < -0.4 is 5.73 Å². The number of piperazine rings is 1. The maximum absolute atomic E-state index is 5.79. The van der Waals surface area contributed by atoms with Gasteiger partial charge in [-0.3, -0.25) is 9.58 Å². The monoisotopic (exact) mass is 259 g/mol. The van der Waals surface area contributed by atoms with Crippen LogP contribution in [0.4, 0.5) is 5.69 Å². The van der Waals surface area contributed by atoms with Crippen molar-refractivity contribution in [2.75, 3.05) is 45.5 Å². The molecule has 5 nitrogen and oxygen atoms in total. The molecule has 0 bridgehead atoms. The summed E-state index contributed by atoms with van der Waals surface area (Å²) in [6.45, 7) is 6.65. The summed E-state index contributed by atoms with van der Waals surface area (Å²) < 4.78 is 2.03. The van der Waals surface area contributed by atoms with Crippen molar-refractivity contribution < 1.29 is 0 Å². The Balaban J connectivity index is 1.62. The third kappa shape index (κ3) is 2.88. The van der Waals surface area contributed by atoms with Gasteiger partial charge in [-0.15, -0.1) is 0 Å². The minimum atomic E-state index is 0.797. The number of rotatable bonds is 3. The van der Waals surface area contributed by atoms with Gasteiger partial charge in [-0.1, -0.05) is 0 Å². The summed E-state index contributed by atoms with van der Waals surface area (Å²) in [7, 11) is 2.18. The fourth-order valence-electron chi connectivity index (χ4n) is 2.53. The van der Waals surface area contributed by atoms with E-state index < -0.39 is 0 Å². The van der Waals surface area contributed by atoms with E-state index in [-0.39, 0.29) is 0 Å². The van der Waals surface area contributed by atoms with Crippen molar-refractivity contribution >= 4 is 16.6 Å². The number of nitrogens with zero attached hydrogens (tertiary/aromatic N) is 4. The summed E-state index contributed by atoms with van der Waals surface area (Å²) in [6, 6.07) is 5.87. The van der Waals surface area contributed by atoms with Crippen LogP contribution >= 0.6 is 0 Å². The predicted octanol–water partition coefficient (Wildman–Crippen LogP) is 0.866. The van der Waals surface area contributed by atoms with Gasteiger partial charge in [0.15, 0.2) is 0 Å². The maximum atomic E-state index is 5.79. The number of fused-ring (bicyclic) bond motifs is 1. The van der Waals surface area contributed by atoms with Gasteiger partial charge in [0.1, 0.15) is 0 Å². The SMILES string of the molecule is CN1CCN(CCn2cc3cc(N)ccc3n2)CC1. The molecule has 5 heteroatoms. The average molecular weight is 259 g/mol. The fourth-order valence-corrected chi connectivity index (χ4v) is 2.53. The maximum Gasteiger partial charge on any atom is 0.0924 e. The first-order chi connectivity index (χ1) is 9.20. The normalized spacial score (nSPS) is 18.2. The van der Waals surface area contributed by atoms with E-state index in [2.05, 4.69) is 28.1 Å². The second-order valence-electron chi connectivity index (χ2n) is 5.36. The van der Waals surface area contributed by atoms with Crippen LogP contribution in [0, 0.1) is 0 Å². The molecule has 0 spiro atoms. The molecule has 102 valence electrons. The third-order valence-electron chi connectivity index (χ3n) is 3.82. The van der Waals surface area contributed by atoms with E-state index in [1.165, 1.54) is 0 Å². The molecule has 0 saturated carbocycles. The summed E-state index contributed by atoms with van der Waals surface area (Å²) in [5, 5.41) is 5.70. The highest BCUT2D eigenvalue weighted by atomic mass is 15.3. The molecule has 1 aromatic carbocycles. The van der Waals surface area contributed by atoms with E-state index >= 15 is 0 Å². The zero-order valence-electron chi connectivity index (χ0n) is 11.4. The molecule has 3 rings (SSSR count). The Hall–Kier alpha value is -1.59. The zero-order chi connectivity index (χ0) is 13.2. The molecule has 0 radical (unpaired) electrons. The van der Waals surface area contributed by atoms with Crippen LogP contribution in [0.3, 0.4) is 0 Å². The van der Waals surface area contributed by atoms with Gasteiger partial charge in [-0.05, 0) is 25.2 Å². The second kappa shape index (κ2) is 5.19. The van der Waals surface area contributed by atoms with E-state index in [4.69, 9.17) is 5.73 Å². The largest absolute Gasteiger partial charge is 0.399 e. The molecule has 1 saturated heterocycles. The smallest absolute Gasteiger partial charge is 0.0924 e. The molecule has 1 aliphatic rings. The van der Waals surface area contributed by atoms with Crippen LogP contribution in [0.1, 0.15) is 0 Å². The Kier molecular flexibility index (Phi) is 3.40. The van der Waals surface area contributed by atoms with Gasteiger partial charge in [-0.2, -0.15) is 5.10 Å². The van der Waals surface area contributed by atoms with E-state index in [9.17, 15) is 0 Å². The average Bonchev–Trinajstić information content (AvgIpc) is 2.80. The van der Waals surface area contributed by atoms with Crippen molar-refractivity contribution in [3.05, 3.63) is 24.4 Å². The van der Waals surface area contributed by atoms with Crippen LogP contribution in [0.2, 0.25) is 0 Å². The second-order valence-corrected chi connectivity index (χ2v) is 5.36. The Labute approximate surface area is 113 Å². The van der Waals surface area contributed by atoms with Gasteiger partial charge >= 0.3 is 0 Å². The molecular formula is C14H21N5. The number of nitrogen functional groups attached to an aromatic ring is 1. The van der Waals surface area contributed by atoms with Crippen molar-refractivity contribution in [1.82, 2.24) is 19.6 Å². The van der Waals surface area contributed by atoms with Gasteiger partial charge in [0.05, 0.1) is 12.1 Å². The molecule has 1 aliphatic heterocycles. The summed E-state index contributed by atoms with van der Waals surface area (Å²) >= 11 is 0. The van der Waals surface area contributed by atoms with Crippen molar-refractivity contribution in [3.8, 4) is 0 Å². The molecule has 19 heavy (non-hydrogen) atoms. The summed E-state index contributed by atoms with van der Waals surface area (Å²) in [6.07, 6.45) is 2.09. The lowest BCUT2D eigenvalue weighted by Crippen LogP contribution is -2.45. The minimum absolute atomic E-state index is 0.797. The Morgan fingerprint density at radius 1 is 1.16 bits per heavy atom. The summed E-state index contributed by atoms with van der Waals surface area (Å²) in [5.41, 5.74) is 7.61. The van der Waals surface area contributed by atoms with Crippen LogP contribution in [0.15, 0.2) is 24.4 Å². The first-order valence-electron chi connectivity index (χ1n) is 6.84. The lowest BCUT2D eigenvalue weighted by atomic mass is 10.2. The molecule has 0 amide bonds. The zero-order valence-corrected chi connectivity index (χ0v) is 11.4. The van der Waals surface area contributed by atoms with Crippen molar-refractivity contribution in [2.24, 2.45) is 0 Å². The number of anilines is 1. The van der Waals surface area contributed by atoms with E-state index in [0.29, 0.717) is 0 Å². The van der Waals surface area contributed by atoms with E-state index in [1.54, 1.807) is 0 Å². The third-order valence-corrected chi connectivity index (χ3v) is 3.82. The molecule has 1 aromatic heterocycles. The summed E-state index contributed by atoms with van der Waals surface area (Å²) in [5.74, 6) is 0. The van der Waals surface area contributed by atoms with Crippen LogP contribution in [0.5, 0.6) is 0 Å². The van der Waals surface area contributed by atoms with Gasteiger partial charge in [-0.25, -0.2) is 0 Å². The molecular weight excluding hydrogens is 238 g/mol. The van der Waals surface area contributed by atoms with Crippen LogP contribution in [-0.4, -0.2) is 59.4 Å². The number of likely N-dealkylation sites (N-methyl/N-ethyl adjacent to an activating group) is 1. The number of nitrogens with two attached hydrogens (primary N) is 1. The molecule has 2 heterocycles. The van der Waals surface area contributed by atoms with Gasteiger partial charge in [0.2, 0.25) is 0 Å². The molecule has 1 fully saturated rings. The minimum Gasteiger partial charge on any atom is -0.399 e. The van der Waals surface area contributed by atoms with E-state index in [0.717, 1.165) is 55.9 Å². The van der Waals surface area contributed by atoms with Crippen LogP contribution in [0.25, 0.3) is 10.9 Å². The summed E-state index contributed by atoms with van der Waals surface area (Å²) in [4.78, 5) is 4.88. The quantitative estimate of drug-likeness (QED) is 0.831. The fraction of sp³-hybridized carbons (Fsp3) is 0.500. The standard InChI is InChI=1S/C14H21N5/c1-17-4-6-18(7-5-17)8-9-19-11-12-10-13(15)2-3-14(12)16-19/h2-3,10-11H,4-9,15H2,1H3. The van der Waals surface area contributed by atoms with Gasteiger partial charge in [0, 0.05) is 50.0 Å². The Morgan fingerprint density at radius 2 is 1.95 bits per heavy atom. The molecule has 0 aliphatic carbocycles. The first kappa shape index (κ1) is 12.4. The number of benzene rings is 1. The highest BCUT2D eigenvalue weighted by Crippen LogP contribution is 2.15. The van der Waals surface area contributed by atoms with Crippen LogP contribution in [-0.2, 0) is 6.54 Å². The lowest BCUT2D eigenvalue weighted by Gasteiger charge is -2.32. The van der Waals surface area contributed by atoms with Gasteiger partial charge < -0.3 is 10.6 Å². The van der Waals surface area contributed by atoms with Gasteiger partial charge in [0.25, 0.3) is 0 Å². The molecule has 0 unspecified atom stereocenters. The first-order valence-corrected chi connectivity index (χ1v) is 6.84. The molecule has 0 atom stereocenters. The molecule has 2 aromatic rings. The topological polar surface area (TPSA) is 50.3 Å². The van der Waals surface area contributed by atoms with E-state index in [1.807, 2.05) is 22.9 Å². The number of hydrogen-bond acceptors (Lipinski definition) is 4. The Bertz CT molecular complexity index is 554. The van der Waals surface area contributed by atoms with Crippen molar-refractivity contribution in [2.45, 2.75) is 6.54 Å². The lowest BCUT2D eigenvalue weighted by molar-refractivity contribution is 0.149. The predicted molar refractivity (Wildman–Crippen MR) is 78.1 cm³/mol. The Morgan fingerprint density at radius 3 is 2.74 bits per heavy atom. The highest BCUT2D eigenvalue weighted by molar-refractivity contribution is 5.81. The number of aromatic nitrogens is 2. The number of hydrogen-bond donors (Lipinski definition) is 1. The van der Waals surface area contributed by atoms with Crippen molar-refractivity contribution in [3.63, 3.8) is 0 Å². The van der Waals surface area contributed by atoms with Crippen molar-refractivity contribution in [1.29, 1.82) is 0 Å². The highest BCUT2D eigenvalue weighted by Gasteiger charge is 2.13. The molecule has 2 N–H and O–H groups in total.